The van der Waals surface area contributed by atoms with Gasteiger partial charge in [-0.1, -0.05) is 27.7 Å². The first-order valence-corrected chi connectivity index (χ1v) is 8.44. The predicted molar refractivity (Wildman–Crippen MR) is 94.4 cm³/mol. The minimum atomic E-state index is -1.61. The topological polar surface area (TPSA) is 188 Å². The Balaban J connectivity index is 4.77. The van der Waals surface area contributed by atoms with Crippen LogP contribution in [0.1, 0.15) is 34.1 Å². The molecule has 0 aliphatic carbocycles. The van der Waals surface area contributed by atoms with E-state index in [1.54, 1.807) is 27.7 Å². The molecule has 0 aromatic rings. The first-order chi connectivity index (χ1) is 12.4. The second kappa shape index (κ2) is 11.1. The van der Waals surface area contributed by atoms with Gasteiger partial charge in [-0.25, -0.2) is 4.79 Å². The number of carboxylic acid groups (broad SMARTS) is 2. The monoisotopic (exact) mass is 388 g/mol. The Labute approximate surface area is 157 Å². The zero-order valence-corrected chi connectivity index (χ0v) is 15.8. The fraction of sp³-hybridized carbons (Fsp3) is 0.688. The van der Waals surface area contributed by atoms with Crippen LogP contribution in [-0.2, 0) is 24.0 Å². The molecule has 7 N–H and O–H groups in total. The van der Waals surface area contributed by atoms with Gasteiger partial charge in [0.2, 0.25) is 17.7 Å². The molecule has 3 unspecified atom stereocenters. The molecule has 154 valence electrons. The molecule has 11 heteroatoms. The highest BCUT2D eigenvalue weighted by atomic mass is 16.4. The van der Waals surface area contributed by atoms with Gasteiger partial charge in [0, 0.05) is 0 Å². The van der Waals surface area contributed by atoms with Gasteiger partial charge >= 0.3 is 11.9 Å². The lowest BCUT2D eigenvalue weighted by Crippen LogP contribution is -2.56. The van der Waals surface area contributed by atoms with E-state index >= 15 is 0 Å². The Hall–Kier alpha value is -2.69. The molecule has 0 aromatic carbocycles. The minimum Gasteiger partial charge on any atom is -0.481 e. The fourth-order valence-electron chi connectivity index (χ4n) is 1.98. The first-order valence-electron chi connectivity index (χ1n) is 8.44. The van der Waals surface area contributed by atoms with E-state index < -0.39 is 60.8 Å². The molecular weight excluding hydrogens is 360 g/mol. The molecule has 27 heavy (non-hydrogen) atoms. The van der Waals surface area contributed by atoms with Gasteiger partial charge in [-0.3, -0.25) is 19.2 Å². The van der Waals surface area contributed by atoms with Crippen LogP contribution in [0.25, 0.3) is 0 Å². The first kappa shape index (κ1) is 24.3. The van der Waals surface area contributed by atoms with E-state index in [1.165, 1.54) is 0 Å². The standard InChI is InChI=1S/C16H28N4O7/c1-7(2)12(17)14(24)20-13(8(3)4)15(25)18-6-10(21)19-9(16(26)27)5-11(22)23/h7-9,12-13H,5-6,17H2,1-4H3,(H,18,25)(H,19,21)(H,20,24)(H,22,23)(H,26,27). The number of aliphatic carboxylic acids is 2. The van der Waals surface area contributed by atoms with Crippen molar-refractivity contribution in [1.82, 2.24) is 16.0 Å². The van der Waals surface area contributed by atoms with E-state index in [0.29, 0.717) is 0 Å². The molecule has 0 fully saturated rings. The largest absolute Gasteiger partial charge is 0.481 e. The predicted octanol–water partition coefficient (Wildman–Crippen LogP) is -1.73. The van der Waals surface area contributed by atoms with Crippen molar-refractivity contribution in [3.8, 4) is 0 Å². The fourth-order valence-corrected chi connectivity index (χ4v) is 1.98. The molecule has 11 nitrogen and oxygen atoms in total. The van der Waals surface area contributed by atoms with E-state index in [4.69, 9.17) is 15.9 Å². The zero-order chi connectivity index (χ0) is 21.3. The molecule has 0 bridgehead atoms. The van der Waals surface area contributed by atoms with Crippen molar-refractivity contribution >= 4 is 29.7 Å². The summed E-state index contributed by atoms with van der Waals surface area (Å²) in [6.45, 7) is 6.33. The van der Waals surface area contributed by atoms with Crippen LogP contribution in [0.4, 0.5) is 0 Å². The lowest BCUT2D eigenvalue weighted by Gasteiger charge is -2.24. The summed E-state index contributed by atoms with van der Waals surface area (Å²) >= 11 is 0. The van der Waals surface area contributed by atoms with E-state index in [-0.39, 0.29) is 11.8 Å². The van der Waals surface area contributed by atoms with E-state index in [1.807, 2.05) is 5.32 Å². The quantitative estimate of drug-likeness (QED) is 0.241. The number of carboxylic acids is 2. The summed E-state index contributed by atoms with van der Waals surface area (Å²) in [5, 5.41) is 24.3. The van der Waals surface area contributed by atoms with Gasteiger partial charge in [0.25, 0.3) is 0 Å². The third kappa shape index (κ3) is 8.99. The zero-order valence-electron chi connectivity index (χ0n) is 15.8. The molecule has 0 spiro atoms. The Morgan fingerprint density at radius 2 is 1.44 bits per heavy atom. The van der Waals surface area contributed by atoms with E-state index in [0.717, 1.165) is 0 Å². The maximum Gasteiger partial charge on any atom is 0.326 e. The highest BCUT2D eigenvalue weighted by molar-refractivity contribution is 5.93. The SMILES string of the molecule is CC(C)C(N)C(=O)NC(C(=O)NCC(=O)NC(CC(=O)O)C(=O)O)C(C)C. The molecule has 0 aromatic heterocycles. The highest BCUT2D eigenvalue weighted by Crippen LogP contribution is 2.05. The number of rotatable bonds is 11. The minimum absolute atomic E-state index is 0.131. The third-order valence-corrected chi connectivity index (χ3v) is 3.70. The maximum absolute atomic E-state index is 12.3. The lowest BCUT2D eigenvalue weighted by atomic mass is 10.0. The van der Waals surface area contributed by atoms with Crippen LogP contribution in [0.5, 0.6) is 0 Å². The molecule has 0 rings (SSSR count). The summed E-state index contributed by atoms with van der Waals surface area (Å²) in [5.41, 5.74) is 5.74. The molecule has 0 heterocycles. The molecule has 3 atom stereocenters. The second-order valence-corrected chi connectivity index (χ2v) is 6.77. The average molecular weight is 388 g/mol. The molecule has 0 radical (unpaired) electrons. The molecule has 0 saturated heterocycles. The third-order valence-electron chi connectivity index (χ3n) is 3.70. The van der Waals surface area contributed by atoms with E-state index in [2.05, 4.69) is 10.6 Å². The maximum atomic E-state index is 12.3. The second-order valence-electron chi connectivity index (χ2n) is 6.77. The number of hydrogen-bond acceptors (Lipinski definition) is 6. The average Bonchev–Trinajstić information content (AvgIpc) is 2.54. The number of hydrogen-bond donors (Lipinski definition) is 6. The number of nitrogens with one attached hydrogen (secondary N) is 3. The van der Waals surface area contributed by atoms with Gasteiger partial charge in [-0.2, -0.15) is 0 Å². The van der Waals surface area contributed by atoms with Gasteiger partial charge < -0.3 is 31.9 Å². The smallest absolute Gasteiger partial charge is 0.326 e. The van der Waals surface area contributed by atoms with Crippen molar-refractivity contribution in [3.63, 3.8) is 0 Å². The van der Waals surface area contributed by atoms with Crippen LogP contribution in [0.15, 0.2) is 0 Å². The Morgan fingerprint density at radius 1 is 0.889 bits per heavy atom. The van der Waals surface area contributed by atoms with Crippen molar-refractivity contribution in [2.75, 3.05) is 6.54 Å². The van der Waals surface area contributed by atoms with Gasteiger partial charge in [0.15, 0.2) is 0 Å². The van der Waals surface area contributed by atoms with Gasteiger partial charge in [-0.05, 0) is 11.8 Å². The van der Waals surface area contributed by atoms with Gasteiger partial charge in [0.1, 0.15) is 12.1 Å². The Kier molecular flexibility index (Phi) is 10.0. The van der Waals surface area contributed by atoms with Crippen molar-refractivity contribution < 1.29 is 34.2 Å². The summed E-state index contributed by atoms with van der Waals surface area (Å²) in [5.74, 6) is -5.35. The van der Waals surface area contributed by atoms with Crippen molar-refractivity contribution in [2.45, 2.75) is 52.2 Å². The molecule has 0 saturated carbocycles. The molecule has 3 amide bonds. The van der Waals surface area contributed by atoms with Crippen LogP contribution < -0.4 is 21.7 Å². The number of nitrogens with two attached hydrogens (primary N) is 1. The van der Waals surface area contributed by atoms with Crippen LogP contribution >= 0.6 is 0 Å². The number of amides is 3. The summed E-state index contributed by atoms with van der Waals surface area (Å²) in [6, 6.07) is -3.35. The summed E-state index contributed by atoms with van der Waals surface area (Å²) in [4.78, 5) is 57.6. The van der Waals surface area contributed by atoms with Crippen molar-refractivity contribution in [1.29, 1.82) is 0 Å². The Bertz CT molecular complexity index is 577. The number of carbonyl (C=O) groups excluding carboxylic acids is 3. The van der Waals surface area contributed by atoms with E-state index in [9.17, 15) is 24.0 Å². The summed E-state index contributed by atoms with van der Waals surface area (Å²) < 4.78 is 0. The van der Waals surface area contributed by atoms with Crippen LogP contribution in [0, 0.1) is 11.8 Å². The molecule has 0 aliphatic heterocycles. The van der Waals surface area contributed by atoms with Crippen LogP contribution in [0.2, 0.25) is 0 Å². The normalized spacial score (nSPS) is 14.2. The summed E-state index contributed by atoms with van der Waals surface area (Å²) in [7, 11) is 0. The van der Waals surface area contributed by atoms with Crippen molar-refractivity contribution in [3.05, 3.63) is 0 Å². The van der Waals surface area contributed by atoms with Crippen LogP contribution in [0.3, 0.4) is 0 Å². The molecule has 0 aliphatic rings. The molecular formula is C16H28N4O7. The van der Waals surface area contributed by atoms with Crippen LogP contribution in [-0.4, -0.2) is 64.5 Å². The summed E-state index contributed by atoms with van der Waals surface area (Å²) in [6.07, 6.45) is -0.799. The highest BCUT2D eigenvalue weighted by Gasteiger charge is 2.28. The van der Waals surface area contributed by atoms with Gasteiger partial charge in [-0.15, -0.1) is 0 Å². The Morgan fingerprint density at radius 3 is 1.85 bits per heavy atom. The number of carbonyl (C=O) groups is 5. The van der Waals surface area contributed by atoms with Gasteiger partial charge in [0.05, 0.1) is 19.0 Å². The van der Waals surface area contributed by atoms with Crippen molar-refractivity contribution in [2.24, 2.45) is 17.6 Å². The lowest BCUT2D eigenvalue weighted by molar-refractivity contribution is -0.147.